The number of nitrogens with one attached hydrogen (secondary N) is 1. The van der Waals surface area contributed by atoms with Crippen molar-refractivity contribution in [3.63, 3.8) is 0 Å². The van der Waals surface area contributed by atoms with E-state index in [9.17, 15) is 9.59 Å². The van der Waals surface area contributed by atoms with Gasteiger partial charge in [0.15, 0.2) is 0 Å². The first kappa shape index (κ1) is 14.4. The maximum atomic E-state index is 12.0. The van der Waals surface area contributed by atoms with E-state index in [-0.39, 0.29) is 30.3 Å². The molecule has 2 aliphatic rings. The lowest BCUT2D eigenvalue weighted by Gasteiger charge is -2.37. The van der Waals surface area contributed by atoms with Gasteiger partial charge >= 0.3 is 0 Å². The topological polar surface area (TPSA) is 49.4 Å². The number of amides is 2. The molecule has 1 heterocycles. The van der Waals surface area contributed by atoms with Crippen LogP contribution >= 0.6 is 0 Å². The van der Waals surface area contributed by atoms with Crippen molar-refractivity contribution in [2.24, 2.45) is 11.8 Å². The molecular formula is C15H26N2O2. The predicted molar refractivity (Wildman–Crippen MR) is 74.5 cm³/mol. The van der Waals surface area contributed by atoms with Gasteiger partial charge in [0.05, 0.1) is 6.54 Å². The number of nitrogens with zero attached hydrogens (tertiary/aromatic N) is 1. The van der Waals surface area contributed by atoms with Crippen molar-refractivity contribution in [2.45, 2.75) is 58.4 Å². The molecule has 19 heavy (non-hydrogen) atoms. The van der Waals surface area contributed by atoms with Gasteiger partial charge in [-0.3, -0.25) is 9.59 Å². The van der Waals surface area contributed by atoms with Gasteiger partial charge in [0.25, 0.3) is 0 Å². The minimum atomic E-state index is -0.273. The van der Waals surface area contributed by atoms with Crippen LogP contribution in [-0.4, -0.2) is 35.8 Å². The Labute approximate surface area is 115 Å². The molecule has 0 aromatic heterocycles. The fraction of sp³-hybridized carbons (Fsp3) is 0.867. The second-order valence-corrected chi connectivity index (χ2v) is 6.29. The first-order valence-corrected chi connectivity index (χ1v) is 7.66. The Bertz CT molecular complexity index is 335. The minimum absolute atomic E-state index is 0.00969. The van der Waals surface area contributed by atoms with Gasteiger partial charge in [-0.15, -0.1) is 0 Å². The van der Waals surface area contributed by atoms with Crippen LogP contribution in [0.1, 0.15) is 52.4 Å². The van der Waals surface area contributed by atoms with E-state index in [1.807, 2.05) is 13.8 Å². The average molecular weight is 266 g/mol. The van der Waals surface area contributed by atoms with Crippen molar-refractivity contribution in [3.05, 3.63) is 0 Å². The van der Waals surface area contributed by atoms with E-state index in [1.54, 1.807) is 4.90 Å². The third-order valence-corrected chi connectivity index (χ3v) is 4.46. The standard InChI is InChI=1S/C15H26N2O2/c1-11(2)14-15(19)16-10-13(18)17(14)9-5-8-12-6-3-4-7-12/h11-12,14H,3-10H2,1-2H3,(H,16,19). The van der Waals surface area contributed by atoms with Crippen LogP contribution in [0, 0.1) is 11.8 Å². The van der Waals surface area contributed by atoms with E-state index in [4.69, 9.17) is 0 Å². The molecule has 0 aromatic rings. The monoisotopic (exact) mass is 266 g/mol. The Morgan fingerprint density at radius 3 is 2.58 bits per heavy atom. The zero-order chi connectivity index (χ0) is 13.8. The summed E-state index contributed by atoms with van der Waals surface area (Å²) in [7, 11) is 0. The molecule has 0 bridgehead atoms. The minimum Gasteiger partial charge on any atom is -0.345 e. The third kappa shape index (κ3) is 3.48. The van der Waals surface area contributed by atoms with E-state index in [0.29, 0.717) is 0 Å². The van der Waals surface area contributed by atoms with E-state index in [0.717, 1.165) is 18.9 Å². The van der Waals surface area contributed by atoms with E-state index < -0.39 is 0 Å². The highest BCUT2D eigenvalue weighted by molar-refractivity contribution is 5.94. The number of hydrogen-bond donors (Lipinski definition) is 1. The van der Waals surface area contributed by atoms with E-state index >= 15 is 0 Å². The summed E-state index contributed by atoms with van der Waals surface area (Å²) < 4.78 is 0. The lowest BCUT2D eigenvalue weighted by atomic mass is 9.97. The summed E-state index contributed by atoms with van der Waals surface area (Å²) in [5.74, 6) is 1.11. The lowest BCUT2D eigenvalue weighted by molar-refractivity contribution is -0.147. The first-order valence-electron chi connectivity index (χ1n) is 7.66. The fourth-order valence-corrected chi connectivity index (χ4v) is 3.44. The highest BCUT2D eigenvalue weighted by atomic mass is 16.2. The third-order valence-electron chi connectivity index (χ3n) is 4.46. The summed E-state index contributed by atoms with van der Waals surface area (Å²) in [6.45, 7) is 4.93. The zero-order valence-electron chi connectivity index (χ0n) is 12.2. The Morgan fingerprint density at radius 2 is 1.95 bits per heavy atom. The Balaban J connectivity index is 1.86. The SMILES string of the molecule is CC(C)C1C(=O)NCC(=O)N1CCCC1CCCC1. The molecule has 1 N–H and O–H groups in total. The molecule has 2 rings (SSSR count). The zero-order valence-corrected chi connectivity index (χ0v) is 12.2. The quantitative estimate of drug-likeness (QED) is 0.826. The summed E-state index contributed by atoms with van der Waals surface area (Å²) >= 11 is 0. The average Bonchev–Trinajstić information content (AvgIpc) is 2.86. The van der Waals surface area contributed by atoms with Crippen LogP contribution < -0.4 is 5.32 Å². The number of carbonyl (C=O) groups excluding carboxylic acids is 2. The molecule has 1 aliphatic heterocycles. The van der Waals surface area contributed by atoms with E-state index in [2.05, 4.69) is 5.32 Å². The summed E-state index contributed by atoms with van der Waals surface area (Å²) in [6.07, 6.45) is 7.67. The van der Waals surface area contributed by atoms with Gasteiger partial charge < -0.3 is 10.2 Å². The van der Waals surface area contributed by atoms with Gasteiger partial charge in [-0.25, -0.2) is 0 Å². The van der Waals surface area contributed by atoms with Crippen LogP contribution in [0.3, 0.4) is 0 Å². The summed E-state index contributed by atoms with van der Waals surface area (Å²) in [5.41, 5.74) is 0. The second-order valence-electron chi connectivity index (χ2n) is 6.29. The normalized spacial score (nSPS) is 25.2. The van der Waals surface area contributed by atoms with Crippen LogP contribution in [0.2, 0.25) is 0 Å². The molecule has 1 aliphatic carbocycles. The summed E-state index contributed by atoms with van der Waals surface area (Å²) in [6, 6.07) is -0.273. The number of hydrogen-bond acceptors (Lipinski definition) is 2. The second kappa shape index (κ2) is 6.40. The van der Waals surface area contributed by atoms with Crippen molar-refractivity contribution >= 4 is 11.8 Å². The molecular weight excluding hydrogens is 240 g/mol. The molecule has 1 unspecified atom stereocenters. The van der Waals surface area contributed by atoms with Gasteiger partial charge in [-0.05, 0) is 24.7 Å². The van der Waals surface area contributed by atoms with Crippen molar-refractivity contribution in [3.8, 4) is 0 Å². The summed E-state index contributed by atoms with van der Waals surface area (Å²) in [5, 5.41) is 2.69. The van der Waals surface area contributed by atoms with Gasteiger partial charge in [-0.1, -0.05) is 39.5 Å². The van der Waals surface area contributed by atoms with Crippen molar-refractivity contribution < 1.29 is 9.59 Å². The van der Waals surface area contributed by atoms with Crippen LogP contribution in [0.5, 0.6) is 0 Å². The molecule has 1 atom stereocenters. The largest absolute Gasteiger partial charge is 0.345 e. The van der Waals surface area contributed by atoms with E-state index in [1.165, 1.54) is 32.1 Å². The van der Waals surface area contributed by atoms with Crippen LogP contribution in [0.15, 0.2) is 0 Å². The summed E-state index contributed by atoms with van der Waals surface area (Å²) in [4.78, 5) is 25.7. The van der Waals surface area contributed by atoms with Crippen molar-refractivity contribution in [1.29, 1.82) is 0 Å². The molecule has 0 radical (unpaired) electrons. The van der Waals surface area contributed by atoms with Gasteiger partial charge in [0.2, 0.25) is 11.8 Å². The Hall–Kier alpha value is -1.06. The molecule has 1 saturated carbocycles. The van der Waals surface area contributed by atoms with Crippen molar-refractivity contribution in [2.75, 3.05) is 13.1 Å². The fourth-order valence-electron chi connectivity index (χ4n) is 3.44. The van der Waals surface area contributed by atoms with Gasteiger partial charge in [0.1, 0.15) is 6.04 Å². The Morgan fingerprint density at radius 1 is 1.26 bits per heavy atom. The maximum absolute atomic E-state index is 12.0. The smallest absolute Gasteiger partial charge is 0.243 e. The molecule has 2 fully saturated rings. The Kier molecular flexibility index (Phi) is 4.83. The molecule has 1 saturated heterocycles. The first-order chi connectivity index (χ1) is 9.09. The molecule has 4 heteroatoms. The number of carbonyl (C=O) groups is 2. The predicted octanol–water partition coefficient (Wildman–Crippen LogP) is 1.94. The van der Waals surface area contributed by atoms with Crippen LogP contribution in [0.4, 0.5) is 0 Å². The van der Waals surface area contributed by atoms with Crippen LogP contribution in [0.25, 0.3) is 0 Å². The molecule has 2 amide bonds. The van der Waals surface area contributed by atoms with Gasteiger partial charge in [0, 0.05) is 6.54 Å². The number of rotatable bonds is 5. The van der Waals surface area contributed by atoms with Crippen molar-refractivity contribution in [1.82, 2.24) is 10.2 Å². The number of piperazine rings is 1. The highest BCUT2D eigenvalue weighted by Crippen LogP contribution is 2.28. The molecule has 108 valence electrons. The molecule has 0 aromatic carbocycles. The maximum Gasteiger partial charge on any atom is 0.243 e. The van der Waals surface area contributed by atoms with Gasteiger partial charge in [-0.2, -0.15) is 0 Å². The molecule has 0 spiro atoms. The lowest BCUT2D eigenvalue weighted by Crippen LogP contribution is -2.60. The molecule has 4 nitrogen and oxygen atoms in total. The van der Waals surface area contributed by atoms with Crippen LogP contribution in [-0.2, 0) is 9.59 Å². The highest BCUT2D eigenvalue weighted by Gasteiger charge is 2.36.